The molecule has 0 atom stereocenters. The molecule has 0 radical (unpaired) electrons. The molecule has 2 nitrogen and oxygen atoms in total. The van der Waals surface area contributed by atoms with Gasteiger partial charge in [-0.2, -0.15) is 0 Å². The van der Waals surface area contributed by atoms with Crippen molar-refractivity contribution in [2.45, 2.75) is 13.0 Å². The normalized spacial score (nSPS) is 10.2. The lowest BCUT2D eigenvalue weighted by Gasteiger charge is -2.12. The molecular weight excluding hydrogens is 364 g/mol. The van der Waals surface area contributed by atoms with Crippen molar-refractivity contribution < 1.29 is 4.74 Å². The first-order valence-corrected chi connectivity index (χ1v) is 7.70. The smallest absolute Gasteiger partial charge is 0.142 e. The SMILES string of the molecule is COc1c(Cl)cc(Cl)cc1CNCCc1ccc(Cl)cc1.Cl. The van der Waals surface area contributed by atoms with Crippen LogP contribution in [0.3, 0.4) is 0 Å². The monoisotopic (exact) mass is 379 g/mol. The molecule has 1 N–H and O–H groups in total. The zero-order chi connectivity index (χ0) is 15.2. The van der Waals surface area contributed by atoms with Gasteiger partial charge >= 0.3 is 0 Å². The van der Waals surface area contributed by atoms with Crippen molar-refractivity contribution in [1.82, 2.24) is 5.32 Å². The maximum atomic E-state index is 6.11. The molecule has 6 heteroatoms. The maximum absolute atomic E-state index is 6.11. The van der Waals surface area contributed by atoms with Gasteiger partial charge in [0.1, 0.15) is 5.75 Å². The van der Waals surface area contributed by atoms with Crippen LogP contribution in [0.4, 0.5) is 0 Å². The van der Waals surface area contributed by atoms with Gasteiger partial charge in [0.05, 0.1) is 12.1 Å². The van der Waals surface area contributed by atoms with Gasteiger partial charge in [-0.1, -0.05) is 46.9 Å². The minimum atomic E-state index is 0. The van der Waals surface area contributed by atoms with Crippen LogP contribution in [0.5, 0.6) is 5.75 Å². The summed E-state index contributed by atoms with van der Waals surface area (Å²) in [6.07, 6.45) is 0.924. The van der Waals surface area contributed by atoms with Crippen LogP contribution in [-0.2, 0) is 13.0 Å². The van der Waals surface area contributed by atoms with Crippen LogP contribution in [0.2, 0.25) is 15.1 Å². The number of nitrogens with one attached hydrogen (secondary N) is 1. The summed E-state index contributed by atoms with van der Waals surface area (Å²) < 4.78 is 5.31. The first-order valence-electron chi connectivity index (χ1n) is 6.57. The molecular formula is C16H17Cl4NO. The van der Waals surface area contributed by atoms with E-state index in [0.29, 0.717) is 22.3 Å². The van der Waals surface area contributed by atoms with Gasteiger partial charge in [0, 0.05) is 22.2 Å². The molecule has 0 fully saturated rings. The molecule has 2 aromatic carbocycles. The van der Waals surface area contributed by atoms with Crippen molar-refractivity contribution in [1.29, 1.82) is 0 Å². The fourth-order valence-electron chi connectivity index (χ4n) is 2.08. The highest BCUT2D eigenvalue weighted by molar-refractivity contribution is 6.35. The molecule has 0 saturated carbocycles. The molecule has 0 aromatic heterocycles. The lowest BCUT2D eigenvalue weighted by molar-refractivity contribution is 0.408. The third-order valence-corrected chi connectivity index (χ3v) is 3.86. The van der Waals surface area contributed by atoms with Crippen LogP contribution in [-0.4, -0.2) is 13.7 Å². The van der Waals surface area contributed by atoms with E-state index in [-0.39, 0.29) is 12.4 Å². The Morgan fingerprint density at radius 2 is 1.68 bits per heavy atom. The first kappa shape index (κ1) is 19.4. The van der Waals surface area contributed by atoms with E-state index in [2.05, 4.69) is 5.32 Å². The van der Waals surface area contributed by atoms with Gasteiger partial charge in [0.25, 0.3) is 0 Å². The summed E-state index contributed by atoms with van der Waals surface area (Å²) in [7, 11) is 1.60. The summed E-state index contributed by atoms with van der Waals surface area (Å²) >= 11 is 18.0. The lowest BCUT2D eigenvalue weighted by Crippen LogP contribution is -2.17. The van der Waals surface area contributed by atoms with Crippen molar-refractivity contribution in [3.63, 3.8) is 0 Å². The molecule has 0 saturated heterocycles. The van der Waals surface area contributed by atoms with E-state index in [1.54, 1.807) is 13.2 Å². The molecule has 2 aromatic rings. The highest BCUT2D eigenvalue weighted by Crippen LogP contribution is 2.32. The third-order valence-electron chi connectivity index (χ3n) is 3.11. The highest BCUT2D eigenvalue weighted by Gasteiger charge is 2.09. The zero-order valence-electron chi connectivity index (χ0n) is 12.0. The van der Waals surface area contributed by atoms with Gasteiger partial charge < -0.3 is 10.1 Å². The van der Waals surface area contributed by atoms with Gasteiger partial charge in [-0.05, 0) is 42.8 Å². The number of rotatable bonds is 6. The molecule has 0 heterocycles. The standard InChI is InChI=1S/C16H16Cl3NO.ClH/c1-21-16-12(8-14(18)9-15(16)19)10-20-7-6-11-2-4-13(17)5-3-11;/h2-5,8-9,20H,6-7,10H2,1H3;1H. The second-order valence-corrected chi connectivity index (χ2v) is 5.91. The van der Waals surface area contributed by atoms with Crippen molar-refractivity contribution in [3.8, 4) is 5.75 Å². The van der Waals surface area contributed by atoms with Gasteiger partial charge in [0.2, 0.25) is 0 Å². The number of ether oxygens (including phenoxy) is 1. The van der Waals surface area contributed by atoms with Crippen LogP contribution in [0, 0.1) is 0 Å². The highest BCUT2D eigenvalue weighted by atomic mass is 35.5. The Morgan fingerprint density at radius 1 is 1.00 bits per heavy atom. The molecule has 0 aliphatic carbocycles. The fourth-order valence-corrected chi connectivity index (χ4v) is 2.82. The van der Waals surface area contributed by atoms with E-state index in [4.69, 9.17) is 39.5 Å². The van der Waals surface area contributed by atoms with Gasteiger partial charge in [0.15, 0.2) is 0 Å². The number of hydrogen-bond donors (Lipinski definition) is 1. The lowest BCUT2D eigenvalue weighted by atomic mass is 10.1. The van der Waals surface area contributed by atoms with E-state index in [1.165, 1.54) is 5.56 Å². The number of benzene rings is 2. The molecule has 0 spiro atoms. The summed E-state index contributed by atoms with van der Waals surface area (Å²) in [4.78, 5) is 0. The largest absolute Gasteiger partial charge is 0.495 e. The quantitative estimate of drug-likeness (QED) is 0.676. The molecule has 0 aliphatic heterocycles. The van der Waals surface area contributed by atoms with Crippen LogP contribution < -0.4 is 10.1 Å². The predicted molar refractivity (Wildman–Crippen MR) is 97.1 cm³/mol. The number of halogens is 4. The second kappa shape index (κ2) is 9.49. The molecule has 22 heavy (non-hydrogen) atoms. The van der Waals surface area contributed by atoms with Crippen molar-refractivity contribution in [2.75, 3.05) is 13.7 Å². The summed E-state index contributed by atoms with van der Waals surface area (Å²) in [6.45, 7) is 1.49. The Hall–Kier alpha value is -0.640. The van der Waals surface area contributed by atoms with E-state index >= 15 is 0 Å². The van der Waals surface area contributed by atoms with Crippen molar-refractivity contribution in [3.05, 3.63) is 62.6 Å². The molecule has 0 amide bonds. The van der Waals surface area contributed by atoms with E-state index in [1.807, 2.05) is 30.3 Å². The average Bonchev–Trinajstić information content (AvgIpc) is 2.45. The topological polar surface area (TPSA) is 21.3 Å². The van der Waals surface area contributed by atoms with Gasteiger partial charge in [-0.25, -0.2) is 0 Å². The first-order chi connectivity index (χ1) is 10.1. The summed E-state index contributed by atoms with van der Waals surface area (Å²) in [6, 6.07) is 11.4. The van der Waals surface area contributed by atoms with Crippen LogP contribution in [0.15, 0.2) is 36.4 Å². The van der Waals surface area contributed by atoms with Gasteiger partial charge in [-0.15, -0.1) is 12.4 Å². The molecule has 120 valence electrons. The Labute approximate surface area is 152 Å². The average molecular weight is 381 g/mol. The summed E-state index contributed by atoms with van der Waals surface area (Å²) in [5.41, 5.74) is 2.19. The van der Waals surface area contributed by atoms with Crippen molar-refractivity contribution in [2.24, 2.45) is 0 Å². The third kappa shape index (κ3) is 5.53. The Balaban J connectivity index is 0.00000242. The second-order valence-electron chi connectivity index (χ2n) is 4.63. The fraction of sp³-hybridized carbons (Fsp3) is 0.250. The Morgan fingerprint density at radius 3 is 2.32 bits per heavy atom. The molecule has 0 aliphatic rings. The number of hydrogen-bond acceptors (Lipinski definition) is 2. The summed E-state index contributed by atoms with van der Waals surface area (Å²) in [5, 5.41) is 5.25. The maximum Gasteiger partial charge on any atom is 0.142 e. The van der Waals surface area contributed by atoms with Crippen LogP contribution in [0.1, 0.15) is 11.1 Å². The Kier molecular flexibility index (Phi) is 8.37. The molecule has 0 bridgehead atoms. The molecule has 2 rings (SSSR count). The van der Waals surface area contributed by atoms with Crippen LogP contribution in [0.25, 0.3) is 0 Å². The van der Waals surface area contributed by atoms with Gasteiger partial charge in [-0.3, -0.25) is 0 Å². The Bertz CT molecular complexity index is 602. The predicted octanol–water partition coefficient (Wildman–Crippen LogP) is 5.41. The van der Waals surface area contributed by atoms with Crippen LogP contribution >= 0.6 is 47.2 Å². The zero-order valence-corrected chi connectivity index (χ0v) is 15.1. The van der Waals surface area contributed by atoms with E-state index in [9.17, 15) is 0 Å². The van der Waals surface area contributed by atoms with Crippen molar-refractivity contribution >= 4 is 47.2 Å². The minimum absolute atomic E-state index is 0. The summed E-state index contributed by atoms with van der Waals surface area (Å²) in [5.74, 6) is 0.667. The minimum Gasteiger partial charge on any atom is -0.495 e. The van der Waals surface area contributed by atoms with E-state index in [0.717, 1.165) is 23.6 Å². The van der Waals surface area contributed by atoms with E-state index < -0.39 is 0 Å². The number of methoxy groups -OCH3 is 1. The molecule has 0 unspecified atom stereocenters.